The number of esters is 1. The molecule has 1 aromatic rings. The Hall–Kier alpha value is -1.16. The van der Waals surface area contributed by atoms with E-state index >= 15 is 0 Å². The van der Waals surface area contributed by atoms with E-state index in [1.807, 2.05) is 0 Å². The molecule has 88 valence electrons. The number of nitrogen functional groups attached to an aromatic ring is 1. The van der Waals surface area contributed by atoms with Crippen LogP contribution in [0.3, 0.4) is 0 Å². The van der Waals surface area contributed by atoms with E-state index in [-0.39, 0.29) is 5.97 Å². The number of rotatable bonds is 4. The monoisotopic (exact) mass is 239 g/mol. The molecular weight excluding hydrogens is 222 g/mol. The Morgan fingerprint density at radius 1 is 1.50 bits per heavy atom. The third-order valence-corrected chi connectivity index (χ3v) is 3.50. The van der Waals surface area contributed by atoms with Crippen LogP contribution < -0.4 is 5.73 Å². The highest BCUT2D eigenvalue weighted by atomic mass is 32.2. The number of anilines is 1. The Morgan fingerprint density at radius 2 is 2.19 bits per heavy atom. The normalized spacial score (nSPS) is 10.5. The molecule has 1 rings (SSSR count). The molecule has 0 saturated carbocycles. The number of benzene rings is 1. The van der Waals surface area contributed by atoms with E-state index in [9.17, 15) is 4.79 Å². The van der Waals surface area contributed by atoms with Crippen LogP contribution in [0.15, 0.2) is 23.1 Å². The van der Waals surface area contributed by atoms with Crippen LogP contribution in [0.1, 0.15) is 24.2 Å². The van der Waals surface area contributed by atoms with Gasteiger partial charge in [0.2, 0.25) is 0 Å². The highest BCUT2D eigenvalue weighted by Gasteiger charge is 2.09. The Bertz CT molecular complexity index is 377. The van der Waals surface area contributed by atoms with Gasteiger partial charge in [0.15, 0.2) is 0 Å². The number of carbonyl (C=O) groups excluding carboxylic acids is 1. The minimum absolute atomic E-state index is 0.327. The summed E-state index contributed by atoms with van der Waals surface area (Å²) in [5.41, 5.74) is 7.10. The Kier molecular flexibility index (Phi) is 4.68. The molecule has 1 aromatic carbocycles. The molecule has 0 unspecified atom stereocenters. The van der Waals surface area contributed by atoms with E-state index in [1.54, 1.807) is 30.0 Å². The lowest BCUT2D eigenvalue weighted by Gasteiger charge is -2.09. The first-order valence-corrected chi connectivity index (χ1v) is 6.13. The summed E-state index contributed by atoms with van der Waals surface area (Å²) in [5.74, 6) is 1.24. The van der Waals surface area contributed by atoms with Crippen LogP contribution in [0.4, 0.5) is 5.69 Å². The number of thioether (sulfide) groups is 1. The highest BCUT2D eigenvalue weighted by molar-refractivity contribution is 7.99. The average Bonchev–Trinajstić information content (AvgIpc) is 2.26. The van der Waals surface area contributed by atoms with Crippen molar-refractivity contribution in [2.45, 2.75) is 18.7 Å². The number of nitrogens with two attached hydrogens (primary N) is 1. The maximum atomic E-state index is 11.3. The third-order valence-electron chi connectivity index (χ3n) is 2.01. The fourth-order valence-corrected chi connectivity index (χ4v) is 2.12. The summed E-state index contributed by atoms with van der Waals surface area (Å²) in [5, 5.41) is 0. The fraction of sp³-hybridized carbons (Fsp3) is 0.417. The van der Waals surface area contributed by atoms with Crippen molar-refractivity contribution in [3.05, 3.63) is 23.8 Å². The molecule has 3 nitrogen and oxygen atoms in total. The third kappa shape index (κ3) is 3.45. The van der Waals surface area contributed by atoms with Gasteiger partial charge in [0.05, 0.1) is 12.7 Å². The second-order valence-corrected chi connectivity index (χ2v) is 5.01. The molecule has 16 heavy (non-hydrogen) atoms. The average molecular weight is 239 g/mol. The number of hydrogen-bond donors (Lipinski definition) is 1. The highest BCUT2D eigenvalue weighted by Crippen LogP contribution is 2.27. The van der Waals surface area contributed by atoms with Gasteiger partial charge in [0.25, 0.3) is 0 Å². The molecule has 4 heteroatoms. The van der Waals surface area contributed by atoms with Crippen molar-refractivity contribution in [2.75, 3.05) is 18.6 Å². The van der Waals surface area contributed by atoms with Crippen molar-refractivity contribution < 1.29 is 9.53 Å². The lowest BCUT2D eigenvalue weighted by atomic mass is 10.2. The van der Waals surface area contributed by atoms with Crippen molar-refractivity contribution in [3.8, 4) is 0 Å². The van der Waals surface area contributed by atoms with Crippen LogP contribution in [0.2, 0.25) is 0 Å². The Morgan fingerprint density at radius 3 is 2.75 bits per heavy atom. The number of methoxy groups -OCH3 is 1. The molecule has 0 amide bonds. The van der Waals surface area contributed by atoms with E-state index in [2.05, 4.69) is 18.6 Å². The molecule has 0 spiro atoms. The van der Waals surface area contributed by atoms with Gasteiger partial charge in [-0.3, -0.25) is 0 Å². The lowest BCUT2D eigenvalue weighted by molar-refractivity contribution is 0.0600. The van der Waals surface area contributed by atoms with Crippen molar-refractivity contribution in [3.63, 3.8) is 0 Å². The summed E-state index contributed by atoms with van der Waals surface area (Å²) in [7, 11) is 1.37. The zero-order valence-electron chi connectivity index (χ0n) is 9.82. The van der Waals surface area contributed by atoms with Gasteiger partial charge in [0.1, 0.15) is 0 Å². The van der Waals surface area contributed by atoms with Crippen LogP contribution in [0.25, 0.3) is 0 Å². The first-order chi connectivity index (χ1) is 7.54. The SMILES string of the molecule is COC(=O)c1ccc(N)c(SCC(C)C)c1. The summed E-state index contributed by atoms with van der Waals surface area (Å²) >= 11 is 1.66. The maximum Gasteiger partial charge on any atom is 0.337 e. The molecule has 0 radical (unpaired) electrons. The van der Waals surface area contributed by atoms with E-state index in [4.69, 9.17) is 5.73 Å². The largest absolute Gasteiger partial charge is 0.465 e. The van der Waals surface area contributed by atoms with E-state index in [0.29, 0.717) is 17.2 Å². The van der Waals surface area contributed by atoms with Crippen molar-refractivity contribution in [1.82, 2.24) is 0 Å². The van der Waals surface area contributed by atoms with Crippen LogP contribution in [0, 0.1) is 5.92 Å². The second kappa shape index (κ2) is 5.80. The first kappa shape index (κ1) is 12.9. The molecule has 0 atom stereocenters. The summed E-state index contributed by atoms with van der Waals surface area (Å²) in [4.78, 5) is 12.3. The zero-order valence-corrected chi connectivity index (χ0v) is 10.6. The zero-order chi connectivity index (χ0) is 12.1. The maximum absolute atomic E-state index is 11.3. The quantitative estimate of drug-likeness (QED) is 0.498. The van der Waals surface area contributed by atoms with Gasteiger partial charge in [0, 0.05) is 16.3 Å². The van der Waals surface area contributed by atoms with Crippen LogP contribution in [0.5, 0.6) is 0 Å². The lowest BCUT2D eigenvalue weighted by Crippen LogP contribution is -2.02. The van der Waals surface area contributed by atoms with E-state index < -0.39 is 0 Å². The number of ether oxygens (including phenoxy) is 1. The summed E-state index contributed by atoms with van der Waals surface area (Å²) in [6.45, 7) is 4.29. The van der Waals surface area contributed by atoms with Crippen LogP contribution in [-0.4, -0.2) is 18.8 Å². The predicted octanol–water partition coefficient (Wildman–Crippen LogP) is 2.80. The van der Waals surface area contributed by atoms with Crippen LogP contribution in [-0.2, 0) is 4.74 Å². The molecule has 0 aliphatic carbocycles. The van der Waals surface area contributed by atoms with Crippen LogP contribution >= 0.6 is 11.8 Å². The molecule has 0 fully saturated rings. The standard InChI is InChI=1S/C12H17NO2S/c1-8(2)7-16-11-6-9(12(14)15-3)4-5-10(11)13/h4-6,8H,7,13H2,1-3H3. The smallest absolute Gasteiger partial charge is 0.337 e. The molecule has 0 saturated heterocycles. The van der Waals surface area contributed by atoms with Gasteiger partial charge in [-0.05, 0) is 24.1 Å². The number of hydrogen-bond acceptors (Lipinski definition) is 4. The van der Waals surface area contributed by atoms with Crippen molar-refractivity contribution in [2.24, 2.45) is 5.92 Å². The van der Waals surface area contributed by atoms with Gasteiger partial charge in [-0.25, -0.2) is 4.79 Å². The van der Waals surface area contributed by atoms with Crippen molar-refractivity contribution >= 4 is 23.4 Å². The molecule has 0 bridgehead atoms. The molecule has 0 aromatic heterocycles. The van der Waals surface area contributed by atoms with E-state index in [1.165, 1.54) is 7.11 Å². The molecule has 2 N–H and O–H groups in total. The first-order valence-electron chi connectivity index (χ1n) is 5.15. The van der Waals surface area contributed by atoms with Gasteiger partial charge >= 0.3 is 5.97 Å². The fourth-order valence-electron chi connectivity index (χ4n) is 1.16. The van der Waals surface area contributed by atoms with E-state index in [0.717, 1.165) is 10.6 Å². The summed E-state index contributed by atoms with van der Waals surface area (Å²) in [6, 6.07) is 5.21. The van der Waals surface area contributed by atoms with Crippen molar-refractivity contribution in [1.29, 1.82) is 0 Å². The molecule has 0 heterocycles. The Labute approximate surface area is 100 Å². The van der Waals surface area contributed by atoms with Gasteiger partial charge < -0.3 is 10.5 Å². The molecule has 0 aliphatic rings. The topological polar surface area (TPSA) is 52.3 Å². The van der Waals surface area contributed by atoms with Gasteiger partial charge in [-0.15, -0.1) is 11.8 Å². The minimum Gasteiger partial charge on any atom is -0.465 e. The minimum atomic E-state index is -0.327. The number of carbonyl (C=O) groups is 1. The summed E-state index contributed by atoms with van der Waals surface area (Å²) in [6.07, 6.45) is 0. The van der Waals surface area contributed by atoms with Gasteiger partial charge in [-0.1, -0.05) is 13.8 Å². The van der Waals surface area contributed by atoms with Gasteiger partial charge in [-0.2, -0.15) is 0 Å². The molecular formula is C12H17NO2S. The second-order valence-electron chi connectivity index (χ2n) is 3.95. The predicted molar refractivity (Wildman–Crippen MR) is 67.8 cm³/mol. The summed E-state index contributed by atoms with van der Waals surface area (Å²) < 4.78 is 4.67. The Balaban J connectivity index is 2.86. The molecule has 0 aliphatic heterocycles.